The predicted octanol–water partition coefficient (Wildman–Crippen LogP) is 3.93. The lowest BCUT2D eigenvalue weighted by atomic mass is 9.98. The van der Waals surface area contributed by atoms with Crippen LogP contribution in [0.1, 0.15) is 18.1 Å². The van der Waals surface area contributed by atoms with Crippen LogP contribution in [-0.2, 0) is 0 Å². The van der Waals surface area contributed by atoms with Crippen molar-refractivity contribution in [3.8, 4) is 22.9 Å². The summed E-state index contributed by atoms with van der Waals surface area (Å²) in [5, 5.41) is 8.94. The molecule has 2 heteroatoms. The van der Waals surface area contributed by atoms with Crippen LogP contribution in [0.15, 0.2) is 42.5 Å². The van der Waals surface area contributed by atoms with Crippen molar-refractivity contribution < 1.29 is 4.74 Å². The van der Waals surface area contributed by atoms with Crippen LogP contribution in [-0.4, -0.2) is 6.61 Å². The minimum absolute atomic E-state index is 0.669. The minimum atomic E-state index is 0.669. The number of aryl methyl sites for hydroxylation is 1. The van der Waals surface area contributed by atoms with E-state index in [0.29, 0.717) is 12.2 Å². The molecule has 0 N–H and O–H groups in total. The zero-order chi connectivity index (χ0) is 13.0. The molecule has 0 atom stereocenters. The van der Waals surface area contributed by atoms with Crippen molar-refractivity contribution in [3.63, 3.8) is 0 Å². The van der Waals surface area contributed by atoms with Crippen LogP contribution in [0.25, 0.3) is 11.1 Å². The van der Waals surface area contributed by atoms with E-state index in [9.17, 15) is 0 Å². The topological polar surface area (TPSA) is 33.0 Å². The van der Waals surface area contributed by atoms with Crippen LogP contribution in [0.3, 0.4) is 0 Å². The summed E-state index contributed by atoms with van der Waals surface area (Å²) < 4.78 is 5.42. The molecule has 0 aliphatic carbocycles. The van der Waals surface area contributed by atoms with Crippen LogP contribution in [0.2, 0.25) is 0 Å². The Morgan fingerprint density at radius 3 is 2.44 bits per heavy atom. The second-order valence-electron chi connectivity index (χ2n) is 4.10. The molecule has 0 aromatic heterocycles. The summed E-state index contributed by atoms with van der Waals surface area (Å²) in [4.78, 5) is 0. The van der Waals surface area contributed by atoms with E-state index in [1.165, 1.54) is 0 Å². The molecule has 0 amide bonds. The highest BCUT2D eigenvalue weighted by atomic mass is 16.5. The lowest BCUT2D eigenvalue weighted by Gasteiger charge is -2.08. The van der Waals surface area contributed by atoms with E-state index in [1.807, 2.05) is 56.3 Å². The van der Waals surface area contributed by atoms with Crippen molar-refractivity contribution in [2.45, 2.75) is 13.8 Å². The average Bonchev–Trinajstić information content (AvgIpc) is 2.41. The zero-order valence-electron chi connectivity index (χ0n) is 10.6. The van der Waals surface area contributed by atoms with E-state index >= 15 is 0 Å². The SMILES string of the molecule is CCOc1ccc(-c2cc(C#N)ccc2C)cc1. The van der Waals surface area contributed by atoms with E-state index in [-0.39, 0.29) is 0 Å². The third-order valence-electron chi connectivity index (χ3n) is 2.84. The van der Waals surface area contributed by atoms with Gasteiger partial charge in [-0.15, -0.1) is 0 Å². The number of hydrogen-bond donors (Lipinski definition) is 0. The average molecular weight is 237 g/mol. The third-order valence-corrected chi connectivity index (χ3v) is 2.84. The van der Waals surface area contributed by atoms with Crippen molar-refractivity contribution in [3.05, 3.63) is 53.6 Å². The van der Waals surface area contributed by atoms with Gasteiger partial charge in [-0.2, -0.15) is 5.26 Å². The molecule has 0 aliphatic rings. The molecule has 90 valence electrons. The van der Waals surface area contributed by atoms with Crippen molar-refractivity contribution >= 4 is 0 Å². The summed E-state index contributed by atoms with van der Waals surface area (Å²) >= 11 is 0. The fourth-order valence-corrected chi connectivity index (χ4v) is 1.90. The minimum Gasteiger partial charge on any atom is -0.494 e. The van der Waals surface area contributed by atoms with Crippen LogP contribution in [0.4, 0.5) is 0 Å². The Bertz CT molecular complexity index is 579. The normalized spacial score (nSPS) is 9.83. The van der Waals surface area contributed by atoms with Crippen LogP contribution < -0.4 is 4.74 Å². The van der Waals surface area contributed by atoms with Gasteiger partial charge in [0.2, 0.25) is 0 Å². The molecule has 2 aromatic rings. The van der Waals surface area contributed by atoms with Crippen molar-refractivity contribution in [2.75, 3.05) is 6.61 Å². The van der Waals surface area contributed by atoms with Gasteiger partial charge in [-0.05, 0) is 54.8 Å². The molecule has 2 aromatic carbocycles. The monoisotopic (exact) mass is 237 g/mol. The lowest BCUT2D eigenvalue weighted by Crippen LogP contribution is -1.91. The Balaban J connectivity index is 2.39. The molecule has 0 bridgehead atoms. The van der Waals surface area contributed by atoms with Crippen molar-refractivity contribution in [2.24, 2.45) is 0 Å². The largest absolute Gasteiger partial charge is 0.494 e. The van der Waals surface area contributed by atoms with E-state index in [2.05, 4.69) is 6.07 Å². The van der Waals surface area contributed by atoms with Gasteiger partial charge < -0.3 is 4.74 Å². The molecule has 0 spiro atoms. The molecular weight excluding hydrogens is 222 g/mol. The Labute approximate surface area is 107 Å². The van der Waals surface area contributed by atoms with Gasteiger partial charge >= 0.3 is 0 Å². The molecular formula is C16H15NO. The summed E-state index contributed by atoms with van der Waals surface area (Å²) in [6.07, 6.45) is 0. The number of rotatable bonds is 3. The number of hydrogen-bond acceptors (Lipinski definition) is 2. The molecule has 0 unspecified atom stereocenters. The van der Waals surface area contributed by atoms with Crippen molar-refractivity contribution in [1.29, 1.82) is 5.26 Å². The number of benzene rings is 2. The van der Waals surface area contributed by atoms with Crippen LogP contribution in [0, 0.1) is 18.3 Å². The molecule has 2 rings (SSSR count). The first-order chi connectivity index (χ1) is 8.74. The molecule has 0 saturated heterocycles. The standard InChI is InChI=1S/C16H15NO/c1-3-18-15-8-6-14(7-9-15)16-10-13(11-17)5-4-12(16)2/h4-10H,3H2,1-2H3. The zero-order valence-corrected chi connectivity index (χ0v) is 10.6. The van der Waals surface area contributed by atoms with Gasteiger partial charge in [0, 0.05) is 0 Å². The first-order valence-electron chi connectivity index (χ1n) is 5.98. The maximum atomic E-state index is 8.94. The Kier molecular flexibility index (Phi) is 3.64. The second-order valence-corrected chi connectivity index (χ2v) is 4.10. The van der Waals surface area contributed by atoms with Gasteiger partial charge in [0.05, 0.1) is 18.2 Å². The van der Waals surface area contributed by atoms with E-state index < -0.39 is 0 Å². The fourth-order valence-electron chi connectivity index (χ4n) is 1.90. The summed E-state index contributed by atoms with van der Waals surface area (Å²) in [7, 11) is 0. The molecule has 18 heavy (non-hydrogen) atoms. The molecule has 0 radical (unpaired) electrons. The van der Waals surface area contributed by atoms with Gasteiger partial charge in [-0.3, -0.25) is 0 Å². The molecule has 2 nitrogen and oxygen atoms in total. The first-order valence-corrected chi connectivity index (χ1v) is 5.98. The Hall–Kier alpha value is -2.27. The number of nitriles is 1. The molecule has 0 heterocycles. The maximum Gasteiger partial charge on any atom is 0.119 e. The summed E-state index contributed by atoms with van der Waals surface area (Å²) in [6, 6.07) is 15.9. The van der Waals surface area contributed by atoms with E-state index in [4.69, 9.17) is 10.00 Å². The highest BCUT2D eigenvalue weighted by Crippen LogP contribution is 2.26. The van der Waals surface area contributed by atoms with Crippen LogP contribution >= 0.6 is 0 Å². The lowest BCUT2D eigenvalue weighted by molar-refractivity contribution is 0.340. The number of ether oxygens (including phenoxy) is 1. The quantitative estimate of drug-likeness (QED) is 0.810. The highest BCUT2D eigenvalue weighted by molar-refractivity contribution is 5.69. The summed E-state index contributed by atoms with van der Waals surface area (Å²) in [5.74, 6) is 0.871. The molecule has 0 fully saturated rings. The van der Waals surface area contributed by atoms with E-state index in [0.717, 1.165) is 22.4 Å². The van der Waals surface area contributed by atoms with Gasteiger partial charge in [0.15, 0.2) is 0 Å². The summed E-state index contributed by atoms with van der Waals surface area (Å²) in [6.45, 7) is 4.68. The fraction of sp³-hybridized carbons (Fsp3) is 0.188. The van der Waals surface area contributed by atoms with Gasteiger partial charge in [0.1, 0.15) is 5.75 Å². The second kappa shape index (κ2) is 5.37. The smallest absolute Gasteiger partial charge is 0.119 e. The summed E-state index contributed by atoms with van der Waals surface area (Å²) in [5.41, 5.74) is 4.05. The Morgan fingerprint density at radius 2 is 1.83 bits per heavy atom. The Morgan fingerprint density at radius 1 is 1.11 bits per heavy atom. The number of nitrogens with zero attached hydrogens (tertiary/aromatic N) is 1. The van der Waals surface area contributed by atoms with Crippen LogP contribution in [0.5, 0.6) is 5.75 Å². The third kappa shape index (κ3) is 2.52. The molecule has 0 saturated carbocycles. The first kappa shape index (κ1) is 12.2. The van der Waals surface area contributed by atoms with Gasteiger partial charge in [-0.1, -0.05) is 18.2 Å². The van der Waals surface area contributed by atoms with Gasteiger partial charge in [0.25, 0.3) is 0 Å². The van der Waals surface area contributed by atoms with Crippen molar-refractivity contribution in [1.82, 2.24) is 0 Å². The molecule has 0 aliphatic heterocycles. The highest BCUT2D eigenvalue weighted by Gasteiger charge is 2.03. The van der Waals surface area contributed by atoms with E-state index in [1.54, 1.807) is 0 Å². The van der Waals surface area contributed by atoms with Gasteiger partial charge in [-0.25, -0.2) is 0 Å². The predicted molar refractivity (Wildman–Crippen MR) is 72.5 cm³/mol. The maximum absolute atomic E-state index is 8.94.